The summed E-state index contributed by atoms with van der Waals surface area (Å²) in [6.45, 7) is 8.54. The quantitative estimate of drug-likeness (QED) is 0.868. The van der Waals surface area contributed by atoms with Crippen molar-refractivity contribution in [3.8, 4) is 0 Å². The van der Waals surface area contributed by atoms with Crippen LogP contribution in [0.4, 0.5) is 5.69 Å². The standard InChI is InChI=1S/C17H25N3/c1-5-14(3)20(4)11-10-18-17-12-13(2)19-16-9-7-6-8-15(16)17/h6-9,12,14H,5,10-11H2,1-4H3,(H,18,19). The van der Waals surface area contributed by atoms with Gasteiger partial charge in [-0.05, 0) is 39.4 Å². The van der Waals surface area contributed by atoms with Gasteiger partial charge in [0.05, 0.1) is 5.52 Å². The molecule has 108 valence electrons. The number of hydrogen-bond donors (Lipinski definition) is 1. The molecule has 0 bridgehead atoms. The van der Waals surface area contributed by atoms with Crippen LogP contribution in [0.2, 0.25) is 0 Å². The van der Waals surface area contributed by atoms with Crippen molar-refractivity contribution in [3.05, 3.63) is 36.0 Å². The summed E-state index contributed by atoms with van der Waals surface area (Å²) in [6.07, 6.45) is 1.19. The van der Waals surface area contributed by atoms with E-state index in [2.05, 4.69) is 60.4 Å². The largest absolute Gasteiger partial charge is 0.383 e. The molecule has 2 aromatic rings. The van der Waals surface area contributed by atoms with Gasteiger partial charge in [-0.2, -0.15) is 0 Å². The Hall–Kier alpha value is -1.61. The molecule has 1 unspecified atom stereocenters. The Morgan fingerprint density at radius 1 is 1.30 bits per heavy atom. The lowest BCUT2D eigenvalue weighted by Crippen LogP contribution is -2.32. The molecule has 0 aliphatic heterocycles. The first kappa shape index (κ1) is 14.8. The van der Waals surface area contributed by atoms with Crippen molar-refractivity contribution in [2.24, 2.45) is 0 Å². The van der Waals surface area contributed by atoms with Gasteiger partial charge in [-0.15, -0.1) is 0 Å². The van der Waals surface area contributed by atoms with Gasteiger partial charge < -0.3 is 10.2 Å². The van der Waals surface area contributed by atoms with Gasteiger partial charge in [-0.25, -0.2) is 0 Å². The molecular weight excluding hydrogens is 246 g/mol. The summed E-state index contributed by atoms with van der Waals surface area (Å²) in [6, 6.07) is 11.1. The number of nitrogens with zero attached hydrogens (tertiary/aromatic N) is 2. The van der Waals surface area contributed by atoms with E-state index in [9.17, 15) is 0 Å². The Morgan fingerprint density at radius 2 is 2.05 bits per heavy atom. The maximum Gasteiger partial charge on any atom is 0.0725 e. The minimum atomic E-state index is 0.632. The maximum absolute atomic E-state index is 4.57. The molecular formula is C17H25N3. The summed E-state index contributed by atoms with van der Waals surface area (Å²) < 4.78 is 0. The highest BCUT2D eigenvalue weighted by Gasteiger charge is 2.07. The van der Waals surface area contributed by atoms with Crippen LogP contribution in [-0.2, 0) is 0 Å². The van der Waals surface area contributed by atoms with Crippen molar-refractivity contribution in [2.75, 3.05) is 25.5 Å². The molecule has 0 aliphatic rings. The van der Waals surface area contributed by atoms with E-state index >= 15 is 0 Å². The predicted molar refractivity (Wildman–Crippen MR) is 87.4 cm³/mol. The SMILES string of the molecule is CCC(C)N(C)CCNc1cc(C)nc2ccccc12. The topological polar surface area (TPSA) is 28.2 Å². The van der Waals surface area contributed by atoms with Crippen LogP contribution in [0.1, 0.15) is 26.0 Å². The Balaban J connectivity index is 2.06. The van der Waals surface area contributed by atoms with Gasteiger partial charge >= 0.3 is 0 Å². The van der Waals surface area contributed by atoms with Gasteiger partial charge in [0.15, 0.2) is 0 Å². The van der Waals surface area contributed by atoms with Crippen molar-refractivity contribution in [2.45, 2.75) is 33.2 Å². The van der Waals surface area contributed by atoms with Crippen LogP contribution in [-0.4, -0.2) is 36.1 Å². The summed E-state index contributed by atoms with van der Waals surface area (Å²) in [5, 5.41) is 4.76. The molecule has 0 spiro atoms. The fourth-order valence-corrected chi connectivity index (χ4v) is 2.35. The molecule has 1 N–H and O–H groups in total. The number of nitrogens with one attached hydrogen (secondary N) is 1. The number of aromatic nitrogens is 1. The van der Waals surface area contributed by atoms with E-state index < -0.39 is 0 Å². The Kier molecular flexibility index (Phi) is 4.96. The van der Waals surface area contributed by atoms with Gasteiger partial charge in [0.1, 0.15) is 0 Å². The van der Waals surface area contributed by atoms with Gasteiger partial charge in [0.2, 0.25) is 0 Å². The van der Waals surface area contributed by atoms with Crippen LogP contribution in [0.25, 0.3) is 10.9 Å². The minimum Gasteiger partial charge on any atom is -0.383 e. The lowest BCUT2D eigenvalue weighted by molar-refractivity contribution is 0.261. The number of rotatable bonds is 6. The lowest BCUT2D eigenvalue weighted by Gasteiger charge is -2.23. The van der Waals surface area contributed by atoms with Crippen LogP contribution in [0.5, 0.6) is 0 Å². The molecule has 3 nitrogen and oxygen atoms in total. The molecule has 1 aromatic heterocycles. The second-order valence-corrected chi connectivity index (χ2v) is 5.49. The molecule has 0 saturated carbocycles. The Labute approximate surface area is 122 Å². The second-order valence-electron chi connectivity index (χ2n) is 5.49. The average molecular weight is 271 g/mol. The maximum atomic E-state index is 4.57. The van der Waals surface area contributed by atoms with E-state index in [1.165, 1.54) is 17.5 Å². The van der Waals surface area contributed by atoms with Gasteiger partial charge in [0, 0.05) is 35.9 Å². The molecule has 1 aromatic carbocycles. The zero-order valence-corrected chi connectivity index (χ0v) is 13.0. The molecule has 0 fully saturated rings. The number of fused-ring (bicyclic) bond motifs is 1. The number of para-hydroxylation sites is 1. The molecule has 0 aliphatic carbocycles. The zero-order chi connectivity index (χ0) is 14.5. The highest BCUT2D eigenvalue weighted by Crippen LogP contribution is 2.22. The Morgan fingerprint density at radius 3 is 2.80 bits per heavy atom. The van der Waals surface area contributed by atoms with Crippen LogP contribution in [0.3, 0.4) is 0 Å². The van der Waals surface area contributed by atoms with Gasteiger partial charge in [-0.1, -0.05) is 25.1 Å². The van der Waals surface area contributed by atoms with Crippen molar-refractivity contribution in [1.29, 1.82) is 0 Å². The van der Waals surface area contributed by atoms with Crippen molar-refractivity contribution >= 4 is 16.6 Å². The Bertz CT molecular complexity index is 565. The van der Waals surface area contributed by atoms with Crippen LogP contribution < -0.4 is 5.32 Å². The van der Waals surface area contributed by atoms with E-state index in [0.717, 1.165) is 24.3 Å². The normalized spacial score (nSPS) is 12.8. The fourth-order valence-electron chi connectivity index (χ4n) is 2.35. The zero-order valence-electron chi connectivity index (χ0n) is 13.0. The number of aryl methyl sites for hydroxylation is 1. The highest BCUT2D eigenvalue weighted by atomic mass is 15.1. The molecule has 0 amide bonds. The van der Waals surface area contributed by atoms with Crippen molar-refractivity contribution < 1.29 is 0 Å². The van der Waals surface area contributed by atoms with E-state index in [4.69, 9.17) is 0 Å². The summed E-state index contributed by atoms with van der Waals surface area (Å²) in [4.78, 5) is 6.96. The van der Waals surface area contributed by atoms with Crippen LogP contribution >= 0.6 is 0 Å². The number of likely N-dealkylation sites (N-methyl/N-ethyl adjacent to an activating group) is 1. The number of benzene rings is 1. The summed E-state index contributed by atoms with van der Waals surface area (Å²) >= 11 is 0. The third-order valence-corrected chi connectivity index (χ3v) is 3.97. The molecule has 0 radical (unpaired) electrons. The second kappa shape index (κ2) is 6.71. The van der Waals surface area contributed by atoms with E-state index in [1.807, 2.05) is 13.0 Å². The monoisotopic (exact) mass is 271 g/mol. The third-order valence-electron chi connectivity index (χ3n) is 3.97. The first-order valence-corrected chi connectivity index (χ1v) is 7.42. The summed E-state index contributed by atoms with van der Waals surface area (Å²) in [7, 11) is 2.19. The third kappa shape index (κ3) is 3.48. The first-order chi connectivity index (χ1) is 9.61. The molecule has 3 heteroatoms. The van der Waals surface area contributed by atoms with E-state index in [-0.39, 0.29) is 0 Å². The molecule has 20 heavy (non-hydrogen) atoms. The van der Waals surface area contributed by atoms with Gasteiger partial charge in [-0.3, -0.25) is 4.98 Å². The number of pyridine rings is 1. The molecule has 2 rings (SSSR count). The van der Waals surface area contributed by atoms with Crippen LogP contribution in [0.15, 0.2) is 30.3 Å². The van der Waals surface area contributed by atoms with Crippen molar-refractivity contribution in [1.82, 2.24) is 9.88 Å². The van der Waals surface area contributed by atoms with E-state index in [1.54, 1.807) is 0 Å². The summed E-state index contributed by atoms with van der Waals surface area (Å²) in [5.41, 5.74) is 3.30. The lowest BCUT2D eigenvalue weighted by atomic mass is 10.1. The minimum absolute atomic E-state index is 0.632. The van der Waals surface area contributed by atoms with Crippen molar-refractivity contribution in [3.63, 3.8) is 0 Å². The first-order valence-electron chi connectivity index (χ1n) is 7.42. The van der Waals surface area contributed by atoms with E-state index in [0.29, 0.717) is 6.04 Å². The smallest absolute Gasteiger partial charge is 0.0725 e. The highest BCUT2D eigenvalue weighted by molar-refractivity contribution is 5.91. The molecule has 1 atom stereocenters. The summed E-state index contributed by atoms with van der Waals surface area (Å²) in [5.74, 6) is 0. The molecule has 1 heterocycles. The van der Waals surface area contributed by atoms with Crippen LogP contribution in [0, 0.1) is 6.92 Å². The number of hydrogen-bond acceptors (Lipinski definition) is 3. The fraction of sp³-hybridized carbons (Fsp3) is 0.471. The predicted octanol–water partition coefficient (Wildman–Crippen LogP) is 3.69. The average Bonchev–Trinajstić information content (AvgIpc) is 2.45. The van der Waals surface area contributed by atoms with Gasteiger partial charge in [0.25, 0.3) is 0 Å². The number of anilines is 1. The molecule has 0 saturated heterocycles.